The summed E-state index contributed by atoms with van der Waals surface area (Å²) in [6, 6.07) is 10.4. The van der Waals surface area contributed by atoms with E-state index in [1.54, 1.807) is 43.6 Å². The maximum Gasteiger partial charge on any atom is 0.240 e. The molecule has 0 aliphatic carbocycles. The number of anilines is 2. The minimum atomic E-state index is -3.43. The van der Waals surface area contributed by atoms with E-state index < -0.39 is 10.0 Å². The molecule has 0 aliphatic rings. The fourth-order valence-corrected chi connectivity index (χ4v) is 3.88. The van der Waals surface area contributed by atoms with Crippen LogP contribution in [0.1, 0.15) is 6.92 Å². The lowest BCUT2D eigenvalue weighted by molar-refractivity contribution is 0.584. The summed E-state index contributed by atoms with van der Waals surface area (Å²) in [6.45, 7) is 2.11. The molecule has 0 atom stereocenters. The van der Waals surface area contributed by atoms with E-state index in [2.05, 4.69) is 20.0 Å². The summed E-state index contributed by atoms with van der Waals surface area (Å²) < 4.78 is 26.3. The Bertz CT molecular complexity index is 907. The average Bonchev–Trinajstić information content (AvgIpc) is 3.05. The van der Waals surface area contributed by atoms with Gasteiger partial charge in [0, 0.05) is 35.6 Å². The van der Waals surface area contributed by atoms with E-state index in [0.29, 0.717) is 6.54 Å². The minimum absolute atomic E-state index is 0.242. The van der Waals surface area contributed by atoms with Crippen molar-refractivity contribution < 1.29 is 8.42 Å². The van der Waals surface area contributed by atoms with Crippen LogP contribution in [0.2, 0.25) is 0 Å². The number of nitrogens with one attached hydrogen (secondary N) is 2. The van der Waals surface area contributed by atoms with Gasteiger partial charge in [-0.1, -0.05) is 6.92 Å². The topological polar surface area (TPSA) is 84.0 Å². The minimum Gasteiger partial charge on any atom is -0.332 e. The number of pyridine rings is 1. The molecule has 24 heavy (non-hydrogen) atoms. The first-order chi connectivity index (χ1) is 11.6. The summed E-state index contributed by atoms with van der Waals surface area (Å²) in [6.07, 6.45) is 3.45. The Kier molecular flexibility index (Phi) is 4.89. The summed E-state index contributed by atoms with van der Waals surface area (Å²) in [4.78, 5) is 8.76. The lowest BCUT2D eigenvalue weighted by atomic mass is 10.2. The Balaban J connectivity index is 1.74. The van der Waals surface area contributed by atoms with Gasteiger partial charge < -0.3 is 5.32 Å². The van der Waals surface area contributed by atoms with Gasteiger partial charge in [-0.25, -0.2) is 18.1 Å². The first-order valence-corrected chi connectivity index (χ1v) is 9.67. The third-order valence-corrected chi connectivity index (χ3v) is 5.55. The van der Waals surface area contributed by atoms with Gasteiger partial charge in [0.15, 0.2) is 5.13 Å². The molecule has 0 radical (unpaired) electrons. The quantitative estimate of drug-likeness (QED) is 0.705. The Hall–Kier alpha value is -2.29. The highest BCUT2D eigenvalue weighted by atomic mass is 32.2. The standard InChI is InChI=1S/C16H16N4O2S2/c1-2-18-24(21,22)14-5-3-13(4-6-14)19-16-20-15(11-23-16)12-7-9-17-10-8-12/h3-11,18H,2H2,1H3,(H,19,20). The van der Waals surface area contributed by atoms with E-state index in [-0.39, 0.29) is 4.90 Å². The molecule has 124 valence electrons. The first-order valence-electron chi connectivity index (χ1n) is 7.31. The number of sulfonamides is 1. The number of benzene rings is 1. The van der Waals surface area contributed by atoms with Gasteiger partial charge in [0.05, 0.1) is 10.6 Å². The van der Waals surface area contributed by atoms with E-state index in [0.717, 1.165) is 22.1 Å². The van der Waals surface area contributed by atoms with Gasteiger partial charge in [-0.15, -0.1) is 11.3 Å². The lowest BCUT2D eigenvalue weighted by Crippen LogP contribution is -2.22. The highest BCUT2D eigenvalue weighted by Gasteiger charge is 2.12. The maximum absolute atomic E-state index is 11.9. The van der Waals surface area contributed by atoms with Gasteiger partial charge in [0.1, 0.15) is 0 Å². The van der Waals surface area contributed by atoms with Gasteiger partial charge in [-0.2, -0.15) is 0 Å². The molecule has 1 aromatic carbocycles. The molecule has 3 aromatic rings. The third kappa shape index (κ3) is 3.78. The molecule has 0 saturated carbocycles. The molecule has 2 heterocycles. The highest BCUT2D eigenvalue weighted by Crippen LogP contribution is 2.27. The molecule has 0 spiro atoms. The van der Waals surface area contributed by atoms with E-state index >= 15 is 0 Å². The zero-order chi connectivity index (χ0) is 17.0. The molecule has 8 heteroatoms. The highest BCUT2D eigenvalue weighted by molar-refractivity contribution is 7.89. The summed E-state index contributed by atoms with van der Waals surface area (Å²) in [5.74, 6) is 0. The molecule has 2 N–H and O–H groups in total. The first kappa shape index (κ1) is 16.6. The molecule has 0 unspecified atom stereocenters. The van der Waals surface area contributed by atoms with Crippen molar-refractivity contribution in [3.8, 4) is 11.3 Å². The Morgan fingerprint density at radius 2 is 1.79 bits per heavy atom. The van der Waals surface area contributed by atoms with Gasteiger partial charge >= 0.3 is 0 Å². The van der Waals surface area contributed by atoms with Crippen molar-refractivity contribution in [1.29, 1.82) is 0 Å². The zero-order valence-corrected chi connectivity index (χ0v) is 14.6. The Morgan fingerprint density at radius 3 is 2.46 bits per heavy atom. The van der Waals surface area contributed by atoms with Crippen molar-refractivity contribution in [2.45, 2.75) is 11.8 Å². The number of hydrogen-bond donors (Lipinski definition) is 2. The molecule has 6 nitrogen and oxygen atoms in total. The predicted octanol–water partition coefficient (Wildman–Crippen LogP) is 3.25. The number of rotatable bonds is 6. The van der Waals surface area contributed by atoms with Crippen LogP contribution in [-0.4, -0.2) is 24.9 Å². The fraction of sp³-hybridized carbons (Fsp3) is 0.125. The second-order valence-electron chi connectivity index (χ2n) is 4.92. The average molecular weight is 360 g/mol. The van der Waals surface area contributed by atoms with E-state index in [1.165, 1.54) is 11.3 Å². The summed E-state index contributed by atoms with van der Waals surface area (Å²) in [5.41, 5.74) is 2.65. The monoisotopic (exact) mass is 360 g/mol. The lowest BCUT2D eigenvalue weighted by Gasteiger charge is -2.06. The predicted molar refractivity (Wildman–Crippen MR) is 95.9 cm³/mol. The van der Waals surface area contributed by atoms with Crippen molar-refractivity contribution in [1.82, 2.24) is 14.7 Å². The molecule has 0 fully saturated rings. The SMILES string of the molecule is CCNS(=O)(=O)c1ccc(Nc2nc(-c3ccncc3)cs2)cc1. The fourth-order valence-electron chi connectivity index (χ4n) is 2.10. The van der Waals surface area contributed by atoms with Crippen molar-refractivity contribution >= 4 is 32.2 Å². The molecule has 0 bridgehead atoms. The Labute approximate surface area is 144 Å². The van der Waals surface area contributed by atoms with Crippen LogP contribution < -0.4 is 10.0 Å². The van der Waals surface area contributed by atoms with Crippen LogP contribution in [-0.2, 0) is 10.0 Å². The van der Waals surface area contributed by atoms with Gasteiger partial charge in [-0.3, -0.25) is 4.98 Å². The van der Waals surface area contributed by atoms with E-state index in [1.807, 2.05) is 17.5 Å². The summed E-state index contributed by atoms with van der Waals surface area (Å²) >= 11 is 1.48. The van der Waals surface area contributed by atoms with Gasteiger partial charge in [0.2, 0.25) is 10.0 Å². The summed E-state index contributed by atoms with van der Waals surface area (Å²) in [7, 11) is -3.43. The van der Waals surface area contributed by atoms with E-state index in [4.69, 9.17) is 0 Å². The molecule has 0 saturated heterocycles. The van der Waals surface area contributed by atoms with Crippen molar-refractivity contribution in [3.63, 3.8) is 0 Å². The number of hydrogen-bond acceptors (Lipinski definition) is 6. The van der Waals surface area contributed by atoms with Crippen molar-refractivity contribution in [2.24, 2.45) is 0 Å². The van der Waals surface area contributed by atoms with Crippen LogP contribution in [0.25, 0.3) is 11.3 Å². The maximum atomic E-state index is 11.9. The molecule has 0 aliphatic heterocycles. The summed E-state index contributed by atoms with van der Waals surface area (Å²) in [5, 5.41) is 5.88. The van der Waals surface area contributed by atoms with Crippen LogP contribution in [0.5, 0.6) is 0 Å². The third-order valence-electron chi connectivity index (χ3n) is 3.23. The van der Waals surface area contributed by atoms with Crippen LogP contribution >= 0.6 is 11.3 Å². The molecule has 0 amide bonds. The van der Waals surface area contributed by atoms with Gasteiger partial charge in [-0.05, 0) is 36.4 Å². The normalized spacial score (nSPS) is 11.4. The number of nitrogens with zero attached hydrogens (tertiary/aromatic N) is 2. The van der Waals surface area contributed by atoms with Crippen LogP contribution in [0, 0.1) is 0 Å². The second-order valence-corrected chi connectivity index (χ2v) is 7.55. The largest absolute Gasteiger partial charge is 0.332 e. The Morgan fingerprint density at radius 1 is 1.08 bits per heavy atom. The zero-order valence-electron chi connectivity index (χ0n) is 12.9. The molecule has 2 aromatic heterocycles. The molecular weight excluding hydrogens is 344 g/mol. The van der Waals surface area contributed by atoms with Crippen LogP contribution in [0.3, 0.4) is 0 Å². The van der Waals surface area contributed by atoms with Crippen LogP contribution in [0.15, 0.2) is 59.1 Å². The number of aromatic nitrogens is 2. The van der Waals surface area contributed by atoms with E-state index in [9.17, 15) is 8.42 Å². The van der Waals surface area contributed by atoms with Crippen LogP contribution in [0.4, 0.5) is 10.8 Å². The second kappa shape index (κ2) is 7.08. The molecule has 3 rings (SSSR count). The van der Waals surface area contributed by atoms with Crippen molar-refractivity contribution in [3.05, 3.63) is 54.2 Å². The van der Waals surface area contributed by atoms with Crippen molar-refractivity contribution in [2.75, 3.05) is 11.9 Å². The number of thiazole rings is 1. The van der Waals surface area contributed by atoms with Gasteiger partial charge in [0.25, 0.3) is 0 Å². The smallest absolute Gasteiger partial charge is 0.240 e. The molecular formula is C16H16N4O2S2.